The average molecular weight is 623 g/mol. The van der Waals surface area contributed by atoms with E-state index in [0.717, 1.165) is 77.0 Å². The second kappa shape index (κ2) is 39.7. The molecule has 0 aromatic carbocycles. The number of carboxylic acids is 2. The summed E-state index contributed by atoms with van der Waals surface area (Å²) in [5, 5.41) is 39.7. The molecule has 252 valence electrons. The Morgan fingerprint density at radius 3 is 0.837 bits per heavy atom. The van der Waals surface area contributed by atoms with Crippen molar-refractivity contribution in [3.05, 3.63) is 0 Å². The van der Waals surface area contributed by atoms with Gasteiger partial charge in [0.1, 0.15) is 0 Å². The summed E-state index contributed by atoms with van der Waals surface area (Å²) >= 11 is 0. The van der Waals surface area contributed by atoms with Crippen LogP contribution in [0.25, 0.3) is 0 Å². The minimum absolute atomic E-state index is 0. The van der Waals surface area contributed by atoms with Gasteiger partial charge in [-0.05, 0) is 51.4 Å². The van der Waals surface area contributed by atoms with Crippen molar-refractivity contribution in [2.75, 3.05) is 0 Å². The number of carbonyl (C=O) groups is 2. The third-order valence-electron chi connectivity index (χ3n) is 8.08. The molecule has 0 bridgehead atoms. The zero-order valence-electron chi connectivity index (χ0n) is 28.6. The molecule has 0 radical (unpaired) electrons. The fourth-order valence-corrected chi connectivity index (χ4v) is 5.44. The van der Waals surface area contributed by atoms with E-state index in [1.165, 1.54) is 103 Å². The molecule has 7 heteroatoms. The topological polar surface area (TPSA) is 121 Å². The van der Waals surface area contributed by atoms with E-state index in [1.807, 2.05) is 0 Å². The molecular formula is C36H70MgO6. The average Bonchev–Trinajstić information content (AvgIpc) is 2.94. The van der Waals surface area contributed by atoms with Gasteiger partial charge in [0.25, 0.3) is 0 Å². The number of aliphatic carboxylic acids is 2. The third kappa shape index (κ3) is 46.2. The van der Waals surface area contributed by atoms with E-state index < -0.39 is 11.9 Å². The molecule has 0 aromatic rings. The van der Waals surface area contributed by atoms with Gasteiger partial charge in [-0.3, -0.25) is 0 Å². The summed E-state index contributed by atoms with van der Waals surface area (Å²) in [6.07, 6.45) is 32.5. The normalized spacial score (nSPS) is 12.2. The van der Waals surface area contributed by atoms with Gasteiger partial charge in [-0.25, -0.2) is 0 Å². The van der Waals surface area contributed by atoms with Crippen molar-refractivity contribution < 1.29 is 30.0 Å². The van der Waals surface area contributed by atoms with Crippen LogP contribution in [0.5, 0.6) is 0 Å². The van der Waals surface area contributed by atoms with E-state index in [2.05, 4.69) is 13.8 Å². The molecular weight excluding hydrogens is 553 g/mol. The summed E-state index contributed by atoms with van der Waals surface area (Å²) in [5.74, 6) is -1.84. The van der Waals surface area contributed by atoms with E-state index in [-0.39, 0.29) is 48.1 Å². The standard InChI is InChI=1S/2C18H36O3.Mg/c2*1-2-14-17(19)15-12-10-8-6-4-3-5-7-9-11-13-16-18(20)21;/h2*17,19H,2-16H2,1H3,(H,20,21);/q;;+2/p-2. The van der Waals surface area contributed by atoms with Crippen LogP contribution in [-0.2, 0) is 9.59 Å². The monoisotopic (exact) mass is 623 g/mol. The van der Waals surface area contributed by atoms with Crippen LogP contribution in [0.2, 0.25) is 0 Å². The van der Waals surface area contributed by atoms with Crippen molar-refractivity contribution in [3.63, 3.8) is 0 Å². The van der Waals surface area contributed by atoms with Crippen LogP contribution in [0, 0.1) is 0 Å². The molecule has 6 nitrogen and oxygen atoms in total. The molecule has 0 heterocycles. The number of unbranched alkanes of at least 4 members (excludes halogenated alkanes) is 20. The molecule has 0 saturated heterocycles. The van der Waals surface area contributed by atoms with Gasteiger partial charge in [0, 0.05) is 11.9 Å². The van der Waals surface area contributed by atoms with E-state index in [0.29, 0.717) is 0 Å². The minimum Gasteiger partial charge on any atom is -0.550 e. The fourth-order valence-electron chi connectivity index (χ4n) is 5.44. The van der Waals surface area contributed by atoms with Gasteiger partial charge in [-0.1, -0.05) is 155 Å². The molecule has 0 amide bonds. The van der Waals surface area contributed by atoms with Crippen molar-refractivity contribution in [1.29, 1.82) is 0 Å². The molecule has 0 aromatic heterocycles. The maximum absolute atomic E-state index is 10.2. The number of rotatable bonds is 32. The molecule has 0 saturated carbocycles. The zero-order chi connectivity index (χ0) is 31.5. The molecule has 0 spiro atoms. The summed E-state index contributed by atoms with van der Waals surface area (Å²) in [6, 6.07) is 0. The smallest absolute Gasteiger partial charge is 0.550 e. The Hall–Kier alpha value is -0.374. The van der Waals surface area contributed by atoms with Gasteiger partial charge < -0.3 is 30.0 Å². The molecule has 0 aliphatic rings. The Bertz CT molecular complexity index is 512. The first kappa shape index (κ1) is 47.0. The van der Waals surface area contributed by atoms with Crippen LogP contribution in [0.3, 0.4) is 0 Å². The minimum atomic E-state index is -0.919. The number of hydrogen-bond donors (Lipinski definition) is 2. The van der Waals surface area contributed by atoms with Crippen LogP contribution in [0.15, 0.2) is 0 Å². The molecule has 0 aliphatic heterocycles. The predicted molar refractivity (Wildman–Crippen MR) is 178 cm³/mol. The second-order valence-electron chi connectivity index (χ2n) is 12.5. The van der Waals surface area contributed by atoms with Gasteiger partial charge in [0.15, 0.2) is 0 Å². The first-order valence-electron chi connectivity index (χ1n) is 18.1. The first-order valence-corrected chi connectivity index (χ1v) is 18.1. The molecule has 43 heavy (non-hydrogen) atoms. The summed E-state index contributed by atoms with van der Waals surface area (Å²) in [7, 11) is 0. The number of aliphatic hydroxyl groups excluding tert-OH is 2. The number of carbonyl (C=O) groups excluding carboxylic acids is 2. The Morgan fingerprint density at radius 1 is 0.419 bits per heavy atom. The molecule has 2 N–H and O–H groups in total. The number of aliphatic hydroxyl groups is 2. The van der Waals surface area contributed by atoms with Crippen LogP contribution >= 0.6 is 0 Å². The molecule has 0 fully saturated rings. The maximum atomic E-state index is 10.2. The summed E-state index contributed by atoms with van der Waals surface area (Å²) in [5.41, 5.74) is 0. The summed E-state index contributed by atoms with van der Waals surface area (Å²) in [6.45, 7) is 4.24. The predicted octanol–water partition coefficient (Wildman–Crippen LogP) is 7.56. The van der Waals surface area contributed by atoms with E-state index in [1.54, 1.807) is 0 Å². The Labute approximate surface area is 282 Å². The number of hydrogen-bond acceptors (Lipinski definition) is 6. The van der Waals surface area contributed by atoms with E-state index >= 15 is 0 Å². The largest absolute Gasteiger partial charge is 2.00 e. The SMILES string of the molecule is CCCC(O)CCCCCCCCCCCCCC(=O)[O-].CCCC(O)CCCCCCCCCCCCCC(=O)[O-].[Mg+2]. The van der Waals surface area contributed by atoms with Crippen molar-refractivity contribution in [3.8, 4) is 0 Å². The first-order chi connectivity index (χ1) is 20.3. The number of carboxylic acid groups (broad SMARTS) is 2. The van der Waals surface area contributed by atoms with Crippen LogP contribution in [0.1, 0.15) is 206 Å². The van der Waals surface area contributed by atoms with Crippen molar-refractivity contribution in [2.45, 2.75) is 219 Å². The van der Waals surface area contributed by atoms with Crippen molar-refractivity contribution >= 4 is 35.0 Å². The van der Waals surface area contributed by atoms with Crippen molar-refractivity contribution in [2.24, 2.45) is 0 Å². The fraction of sp³-hybridized carbons (Fsp3) is 0.944. The van der Waals surface area contributed by atoms with Gasteiger partial charge in [-0.2, -0.15) is 0 Å². The Kier molecular flexibility index (Phi) is 43.4. The van der Waals surface area contributed by atoms with Crippen LogP contribution in [0.4, 0.5) is 0 Å². The maximum Gasteiger partial charge on any atom is 2.00 e. The van der Waals surface area contributed by atoms with Gasteiger partial charge in [0.2, 0.25) is 0 Å². The van der Waals surface area contributed by atoms with Gasteiger partial charge >= 0.3 is 23.1 Å². The van der Waals surface area contributed by atoms with E-state index in [4.69, 9.17) is 0 Å². The molecule has 2 unspecified atom stereocenters. The van der Waals surface area contributed by atoms with Crippen molar-refractivity contribution in [1.82, 2.24) is 0 Å². The van der Waals surface area contributed by atoms with E-state index in [9.17, 15) is 30.0 Å². The Morgan fingerprint density at radius 2 is 0.628 bits per heavy atom. The quantitative estimate of drug-likeness (QED) is 0.0590. The van der Waals surface area contributed by atoms with Crippen LogP contribution < -0.4 is 10.2 Å². The van der Waals surface area contributed by atoms with Gasteiger partial charge in [0.05, 0.1) is 12.2 Å². The van der Waals surface area contributed by atoms with Crippen LogP contribution in [-0.4, -0.2) is 57.4 Å². The second-order valence-corrected chi connectivity index (χ2v) is 12.5. The summed E-state index contributed by atoms with van der Waals surface area (Å²) < 4.78 is 0. The molecule has 0 aliphatic carbocycles. The molecule has 2 atom stereocenters. The van der Waals surface area contributed by atoms with Gasteiger partial charge in [-0.15, -0.1) is 0 Å². The Balaban J connectivity index is -0.000000727. The summed E-state index contributed by atoms with van der Waals surface area (Å²) in [4.78, 5) is 20.5. The third-order valence-corrected chi connectivity index (χ3v) is 8.08. The molecule has 0 rings (SSSR count). The zero-order valence-corrected chi connectivity index (χ0v) is 30.0.